The lowest BCUT2D eigenvalue weighted by molar-refractivity contribution is 0.324. The second kappa shape index (κ2) is 8.96. The first-order valence-electron chi connectivity index (χ1n) is 9.74. The molecule has 0 aliphatic rings. The molecule has 0 saturated heterocycles. The molecule has 0 amide bonds. The molecule has 0 bridgehead atoms. The number of ether oxygens (including phenoxy) is 3. The third-order valence-corrected chi connectivity index (χ3v) is 6.05. The van der Waals surface area contributed by atoms with Crippen molar-refractivity contribution in [1.29, 1.82) is 0 Å². The van der Waals surface area contributed by atoms with Crippen molar-refractivity contribution < 1.29 is 23.0 Å². The zero-order chi connectivity index (χ0) is 22.8. The fraction of sp³-hybridized carbons (Fsp3) is 0.261. The summed E-state index contributed by atoms with van der Waals surface area (Å²) in [5, 5.41) is 9.54. The highest BCUT2D eigenvalue weighted by atomic mass is 32.2. The lowest BCUT2D eigenvalue weighted by Gasteiger charge is -2.12. The Bertz CT molecular complexity index is 1320. The molecule has 0 N–H and O–H groups in total. The highest BCUT2D eigenvalue weighted by Gasteiger charge is 2.18. The van der Waals surface area contributed by atoms with Crippen molar-refractivity contribution in [3.8, 4) is 28.7 Å². The molecular formula is C23H22N2O6S. The van der Waals surface area contributed by atoms with E-state index in [-0.39, 0.29) is 5.63 Å². The van der Waals surface area contributed by atoms with E-state index < -0.39 is 0 Å². The van der Waals surface area contributed by atoms with Gasteiger partial charge in [0.05, 0.1) is 21.3 Å². The molecule has 0 aliphatic heterocycles. The molecule has 166 valence electrons. The van der Waals surface area contributed by atoms with E-state index in [0.717, 1.165) is 22.1 Å². The predicted molar refractivity (Wildman–Crippen MR) is 121 cm³/mol. The molecule has 4 rings (SSSR count). The van der Waals surface area contributed by atoms with Crippen LogP contribution in [0.15, 0.2) is 49.2 Å². The van der Waals surface area contributed by atoms with Crippen LogP contribution in [0.4, 0.5) is 0 Å². The second-order valence-electron chi connectivity index (χ2n) is 7.05. The van der Waals surface area contributed by atoms with Gasteiger partial charge >= 0.3 is 5.63 Å². The summed E-state index contributed by atoms with van der Waals surface area (Å²) >= 11 is 1.34. The zero-order valence-electron chi connectivity index (χ0n) is 18.3. The summed E-state index contributed by atoms with van der Waals surface area (Å²) in [6.45, 7) is 3.93. The average Bonchev–Trinajstić information content (AvgIpc) is 3.28. The van der Waals surface area contributed by atoms with Crippen molar-refractivity contribution in [2.75, 3.05) is 21.3 Å². The van der Waals surface area contributed by atoms with Crippen LogP contribution in [-0.4, -0.2) is 31.5 Å². The summed E-state index contributed by atoms with van der Waals surface area (Å²) in [6.07, 6.45) is 0. The smallest absolute Gasteiger partial charge is 0.336 e. The number of rotatable bonds is 7. The van der Waals surface area contributed by atoms with Gasteiger partial charge in [-0.1, -0.05) is 23.9 Å². The normalized spacial score (nSPS) is 11.0. The average molecular weight is 455 g/mol. The van der Waals surface area contributed by atoms with Gasteiger partial charge in [0.2, 0.25) is 11.6 Å². The minimum atomic E-state index is -0.384. The number of thioether (sulfide) groups is 1. The molecule has 2 aromatic carbocycles. The quantitative estimate of drug-likeness (QED) is 0.289. The molecule has 32 heavy (non-hydrogen) atoms. The van der Waals surface area contributed by atoms with Gasteiger partial charge in [-0.15, -0.1) is 10.2 Å². The van der Waals surface area contributed by atoms with Crippen molar-refractivity contribution in [2.24, 2.45) is 0 Å². The van der Waals surface area contributed by atoms with E-state index in [2.05, 4.69) is 10.2 Å². The number of hydrogen-bond donors (Lipinski definition) is 0. The highest BCUT2D eigenvalue weighted by Crippen LogP contribution is 2.41. The maximum Gasteiger partial charge on any atom is 0.336 e. The Labute approximate surface area is 188 Å². The van der Waals surface area contributed by atoms with Gasteiger partial charge in [-0.25, -0.2) is 4.79 Å². The maximum atomic E-state index is 12.1. The maximum absolute atomic E-state index is 12.1. The van der Waals surface area contributed by atoms with Crippen molar-refractivity contribution in [1.82, 2.24) is 10.2 Å². The molecule has 8 nitrogen and oxygen atoms in total. The predicted octanol–water partition coefficient (Wildman–Crippen LogP) is 4.78. The Balaban J connectivity index is 1.62. The first-order valence-corrected chi connectivity index (χ1v) is 10.7. The van der Waals surface area contributed by atoms with E-state index in [9.17, 15) is 4.79 Å². The third-order valence-electron chi connectivity index (χ3n) is 5.19. The SMILES string of the molecule is COc1cc(-c2nnc(SCc3cc(=O)oc4c(C)c(C)ccc34)o2)cc(OC)c1OC. The summed E-state index contributed by atoms with van der Waals surface area (Å²) < 4.78 is 27.4. The molecule has 0 aliphatic carbocycles. The minimum absolute atomic E-state index is 0.315. The van der Waals surface area contributed by atoms with Crippen LogP contribution in [0.5, 0.6) is 17.2 Å². The number of nitrogens with zero attached hydrogens (tertiary/aromatic N) is 2. The highest BCUT2D eigenvalue weighted by molar-refractivity contribution is 7.98. The molecule has 0 fully saturated rings. The van der Waals surface area contributed by atoms with Gasteiger partial charge in [-0.2, -0.15) is 0 Å². The minimum Gasteiger partial charge on any atom is -0.493 e. The van der Waals surface area contributed by atoms with Gasteiger partial charge in [0.15, 0.2) is 11.5 Å². The number of methoxy groups -OCH3 is 3. The van der Waals surface area contributed by atoms with Crippen LogP contribution >= 0.6 is 11.8 Å². The van der Waals surface area contributed by atoms with E-state index in [1.165, 1.54) is 24.9 Å². The Morgan fingerprint density at radius 2 is 1.66 bits per heavy atom. The molecular weight excluding hydrogens is 432 g/mol. The molecule has 0 radical (unpaired) electrons. The number of aryl methyl sites for hydroxylation is 2. The first kappa shape index (κ1) is 21.8. The van der Waals surface area contributed by atoms with Gasteiger partial charge < -0.3 is 23.0 Å². The lowest BCUT2D eigenvalue weighted by atomic mass is 10.0. The van der Waals surface area contributed by atoms with Crippen molar-refractivity contribution in [3.05, 3.63) is 57.4 Å². The second-order valence-corrected chi connectivity index (χ2v) is 7.98. The molecule has 0 unspecified atom stereocenters. The fourth-order valence-corrected chi connectivity index (χ4v) is 4.13. The van der Waals surface area contributed by atoms with Crippen LogP contribution in [-0.2, 0) is 5.75 Å². The number of aromatic nitrogens is 2. The fourth-order valence-electron chi connectivity index (χ4n) is 3.37. The summed E-state index contributed by atoms with van der Waals surface area (Å²) in [7, 11) is 4.62. The Morgan fingerprint density at radius 3 is 2.31 bits per heavy atom. The third kappa shape index (κ3) is 4.03. The van der Waals surface area contributed by atoms with Crippen molar-refractivity contribution in [3.63, 3.8) is 0 Å². The molecule has 9 heteroatoms. The first-order chi connectivity index (χ1) is 15.4. The molecule has 2 heterocycles. The number of benzene rings is 2. The van der Waals surface area contributed by atoms with Crippen LogP contribution in [0.3, 0.4) is 0 Å². The van der Waals surface area contributed by atoms with E-state index in [1.54, 1.807) is 26.4 Å². The topological polar surface area (TPSA) is 96.8 Å². The summed E-state index contributed by atoms with van der Waals surface area (Å²) in [6, 6.07) is 8.96. The Kier molecular flexibility index (Phi) is 6.09. The van der Waals surface area contributed by atoms with Gasteiger partial charge in [0.1, 0.15) is 5.58 Å². The summed E-state index contributed by atoms with van der Waals surface area (Å²) in [5.74, 6) is 2.25. The van der Waals surface area contributed by atoms with Crippen LogP contribution in [0.1, 0.15) is 16.7 Å². The van der Waals surface area contributed by atoms with Crippen LogP contribution in [0.25, 0.3) is 22.4 Å². The van der Waals surface area contributed by atoms with E-state index >= 15 is 0 Å². The van der Waals surface area contributed by atoms with Crippen LogP contribution in [0.2, 0.25) is 0 Å². The van der Waals surface area contributed by atoms with Crippen molar-refractivity contribution in [2.45, 2.75) is 24.8 Å². The number of hydrogen-bond acceptors (Lipinski definition) is 9. The van der Waals surface area contributed by atoms with E-state index in [1.807, 2.05) is 26.0 Å². The monoisotopic (exact) mass is 454 g/mol. The largest absolute Gasteiger partial charge is 0.493 e. The molecule has 2 aromatic heterocycles. The zero-order valence-corrected chi connectivity index (χ0v) is 19.2. The van der Waals surface area contributed by atoms with E-state index in [0.29, 0.717) is 45.3 Å². The van der Waals surface area contributed by atoms with Crippen molar-refractivity contribution >= 4 is 22.7 Å². The van der Waals surface area contributed by atoms with Gasteiger partial charge in [0, 0.05) is 22.8 Å². The van der Waals surface area contributed by atoms with Crippen LogP contribution in [0, 0.1) is 13.8 Å². The Hall–Kier alpha value is -3.46. The van der Waals surface area contributed by atoms with Gasteiger partial charge in [-0.05, 0) is 42.7 Å². The molecule has 4 aromatic rings. The number of fused-ring (bicyclic) bond motifs is 1. The summed E-state index contributed by atoms with van der Waals surface area (Å²) in [5.41, 5.74) is 3.72. The molecule has 0 saturated carbocycles. The summed E-state index contributed by atoms with van der Waals surface area (Å²) in [4.78, 5) is 12.1. The van der Waals surface area contributed by atoms with Gasteiger partial charge in [0.25, 0.3) is 5.22 Å². The Morgan fingerprint density at radius 1 is 0.938 bits per heavy atom. The van der Waals surface area contributed by atoms with Gasteiger partial charge in [-0.3, -0.25) is 0 Å². The van der Waals surface area contributed by atoms with E-state index in [4.69, 9.17) is 23.0 Å². The standard InChI is InChI=1S/C23H22N2O6S/c1-12-6-7-16-15(10-19(26)30-20(16)13(12)2)11-32-23-25-24-22(31-23)14-8-17(27-3)21(29-5)18(9-14)28-4/h6-10H,11H2,1-5H3. The van der Waals surface area contributed by atoms with Crippen LogP contribution < -0.4 is 19.8 Å². The molecule has 0 atom stereocenters. The molecule has 0 spiro atoms. The lowest BCUT2D eigenvalue weighted by Crippen LogP contribution is -2.01.